The highest BCUT2D eigenvalue weighted by Gasteiger charge is 2.24. The van der Waals surface area contributed by atoms with Crippen LogP contribution in [0.15, 0.2) is 29.6 Å². The molecule has 152 valence electrons. The van der Waals surface area contributed by atoms with Gasteiger partial charge in [0.15, 0.2) is 6.54 Å². The smallest absolute Gasteiger partial charge is 0.341 e. The molecule has 0 aliphatic rings. The van der Waals surface area contributed by atoms with E-state index in [2.05, 4.69) is 19.2 Å². The van der Waals surface area contributed by atoms with Crippen molar-refractivity contribution in [3.05, 3.63) is 40.2 Å². The molecule has 0 spiro atoms. The summed E-state index contributed by atoms with van der Waals surface area (Å²) in [4.78, 5) is 26.4. The van der Waals surface area contributed by atoms with Gasteiger partial charge in [-0.25, -0.2) is 4.79 Å². The monoisotopic (exact) mass is 423 g/mol. The normalized spacial score (nSPS) is 10.9. The van der Waals surface area contributed by atoms with Gasteiger partial charge < -0.3 is 15.0 Å². The molecule has 0 unspecified atom stereocenters. The highest BCUT2D eigenvalue weighted by molar-refractivity contribution is 7.15. The summed E-state index contributed by atoms with van der Waals surface area (Å²) in [5.74, 6) is -0.526. The number of carbonyl (C=O) groups is 2. The van der Waals surface area contributed by atoms with E-state index in [9.17, 15) is 9.59 Å². The van der Waals surface area contributed by atoms with Gasteiger partial charge in [-0.3, -0.25) is 4.79 Å². The fraction of sp³-hybridized carbons (Fsp3) is 0.429. The zero-order chi connectivity index (χ0) is 20.5. The maximum absolute atomic E-state index is 12.6. The van der Waals surface area contributed by atoms with E-state index in [-0.39, 0.29) is 12.5 Å². The summed E-state index contributed by atoms with van der Waals surface area (Å²) in [5.41, 5.74) is 1.99. The van der Waals surface area contributed by atoms with Crippen LogP contribution in [0.1, 0.15) is 44.0 Å². The minimum absolute atomic E-state index is 0.0908. The molecule has 5 nitrogen and oxygen atoms in total. The van der Waals surface area contributed by atoms with Crippen molar-refractivity contribution in [2.45, 2.75) is 33.6 Å². The van der Waals surface area contributed by atoms with Crippen molar-refractivity contribution in [1.82, 2.24) is 0 Å². The first-order chi connectivity index (χ1) is 13.5. The van der Waals surface area contributed by atoms with Gasteiger partial charge in [0, 0.05) is 16.0 Å². The maximum atomic E-state index is 12.6. The number of hydrogen-bond acceptors (Lipinski definition) is 4. The summed E-state index contributed by atoms with van der Waals surface area (Å²) in [6.45, 7) is 8.56. The van der Waals surface area contributed by atoms with Gasteiger partial charge in [-0.05, 0) is 37.5 Å². The highest BCUT2D eigenvalue weighted by atomic mass is 35.5. The zero-order valence-electron chi connectivity index (χ0n) is 16.6. The average Bonchev–Trinajstić information content (AvgIpc) is 3.06. The Morgan fingerprint density at radius 2 is 1.75 bits per heavy atom. The molecule has 1 heterocycles. The lowest BCUT2D eigenvalue weighted by Gasteiger charge is -2.17. The molecule has 0 atom stereocenters. The number of anilines is 1. The highest BCUT2D eigenvalue weighted by Crippen LogP contribution is 2.36. The third-order valence-corrected chi connectivity index (χ3v) is 5.44. The lowest BCUT2D eigenvalue weighted by Crippen LogP contribution is -3.13. The van der Waals surface area contributed by atoms with Crippen LogP contribution >= 0.6 is 22.9 Å². The van der Waals surface area contributed by atoms with Crippen molar-refractivity contribution < 1.29 is 19.2 Å². The van der Waals surface area contributed by atoms with Crippen LogP contribution in [-0.4, -0.2) is 38.1 Å². The van der Waals surface area contributed by atoms with Crippen molar-refractivity contribution in [3.8, 4) is 11.1 Å². The van der Waals surface area contributed by atoms with E-state index >= 15 is 0 Å². The predicted molar refractivity (Wildman–Crippen MR) is 115 cm³/mol. The van der Waals surface area contributed by atoms with Gasteiger partial charge in [0.05, 0.1) is 19.7 Å². The second kappa shape index (κ2) is 11.2. The van der Waals surface area contributed by atoms with Gasteiger partial charge in [0.25, 0.3) is 5.91 Å². The number of halogens is 1. The molecule has 0 saturated heterocycles. The van der Waals surface area contributed by atoms with Crippen LogP contribution in [0.4, 0.5) is 5.00 Å². The number of amides is 1. The molecule has 0 aliphatic carbocycles. The molecule has 0 radical (unpaired) electrons. The molecule has 28 heavy (non-hydrogen) atoms. The number of thiophene rings is 1. The van der Waals surface area contributed by atoms with Gasteiger partial charge >= 0.3 is 5.97 Å². The van der Waals surface area contributed by atoms with E-state index in [1.54, 1.807) is 19.1 Å². The van der Waals surface area contributed by atoms with Crippen LogP contribution in [0.3, 0.4) is 0 Å². The molecular formula is C21H28ClN2O3S+. The fourth-order valence-electron chi connectivity index (χ4n) is 3.10. The molecule has 0 saturated carbocycles. The number of quaternary nitrogens is 1. The van der Waals surface area contributed by atoms with Crippen LogP contribution in [-0.2, 0) is 9.53 Å². The summed E-state index contributed by atoms with van der Waals surface area (Å²) in [7, 11) is 0. The number of esters is 1. The van der Waals surface area contributed by atoms with Crippen molar-refractivity contribution >= 4 is 39.8 Å². The summed E-state index contributed by atoms with van der Waals surface area (Å²) in [5, 5.41) is 5.95. The van der Waals surface area contributed by atoms with E-state index in [4.69, 9.17) is 16.3 Å². The van der Waals surface area contributed by atoms with E-state index in [1.807, 2.05) is 17.5 Å². The Kier molecular flexibility index (Phi) is 8.96. The van der Waals surface area contributed by atoms with Gasteiger partial charge in [0.1, 0.15) is 10.6 Å². The van der Waals surface area contributed by atoms with Crippen molar-refractivity contribution in [3.63, 3.8) is 0 Å². The van der Waals surface area contributed by atoms with E-state index < -0.39 is 5.97 Å². The molecular weight excluding hydrogens is 396 g/mol. The Hall–Kier alpha value is -1.89. The topological polar surface area (TPSA) is 59.8 Å². The van der Waals surface area contributed by atoms with Gasteiger partial charge in [-0.15, -0.1) is 11.3 Å². The Labute approximate surface area is 175 Å². The molecule has 2 aromatic rings. The third-order valence-electron chi connectivity index (χ3n) is 4.30. The molecule has 1 amide bonds. The predicted octanol–water partition coefficient (Wildman–Crippen LogP) is 3.89. The molecule has 1 aromatic heterocycles. The SMILES string of the molecule is CCC[NH+](CCC)CC(=O)Nc1scc(-c2ccc(Cl)cc2)c1C(=O)OCC. The third kappa shape index (κ3) is 6.06. The lowest BCUT2D eigenvalue weighted by atomic mass is 10.0. The quantitative estimate of drug-likeness (QED) is 0.570. The number of ether oxygens (including phenoxy) is 1. The van der Waals surface area contributed by atoms with Crippen LogP contribution in [0.5, 0.6) is 0 Å². The number of hydrogen-bond donors (Lipinski definition) is 2. The summed E-state index contributed by atoms with van der Waals surface area (Å²) < 4.78 is 5.24. The molecule has 2 N–H and O–H groups in total. The lowest BCUT2D eigenvalue weighted by molar-refractivity contribution is -0.891. The summed E-state index contributed by atoms with van der Waals surface area (Å²) >= 11 is 7.31. The molecule has 1 aromatic carbocycles. The van der Waals surface area contributed by atoms with Gasteiger partial charge in [-0.1, -0.05) is 37.6 Å². The van der Waals surface area contributed by atoms with Crippen LogP contribution in [0.25, 0.3) is 11.1 Å². The first-order valence-corrected chi connectivity index (χ1v) is 10.9. The Bertz CT molecular complexity index is 783. The Balaban J connectivity index is 2.27. The number of rotatable bonds is 10. The minimum atomic E-state index is -0.435. The zero-order valence-corrected chi connectivity index (χ0v) is 18.2. The number of carbonyl (C=O) groups excluding carboxylic acids is 2. The second-order valence-electron chi connectivity index (χ2n) is 6.56. The Morgan fingerprint density at radius 3 is 2.32 bits per heavy atom. The molecule has 0 aliphatic heterocycles. The molecule has 2 rings (SSSR count). The largest absolute Gasteiger partial charge is 0.462 e. The minimum Gasteiger partial charge on any atom is -0.462 e. The molecule has 7 heteroatoms. The van der Waals surface area contributed by atoms with Crippen molar-refractivity contribution in [2.24, 2.45) is 0 Å². The van der Waals surface area contributed by atoms with Crippen LogP contribution in [0.2, 0.25) is 5.02 Å². The second-order valence-corrected chi connectivity index (χ2v) is 7.87. The number of benzene rings is 1. The van der Waals surface area contributed by atoms with E-state index in [1.165, 1.54) is 16.2 Å². The molecule has 0 bridgehead atoms. The maximum Gasteiger partial charge on any atom is 0.341 e. The van der Waals surface area contributed by atoms with Gasteiger partial charge in [-0.2, -0.15) is 0 Å². The van der Waals surface area contributed by atoms with Gasteiger partial charge in [0.2, 0.25) is 0 Å². The van der Waals surface area contributed by atoms with E-state index in [0.29, 0.717) is 22.1 Å². The van der Waals surface area contributed by atoms with Crippen LogP contribution in [0, 0.1) is 0 Å². The number of nitrogens with one attached hydrogen (secondary N) is 2. The first kappa shape index (κ1) is 22.4. The Morgan fingerprint density at radius 1 is 1.11 bits per heavy atom. The van der Waals surface area contributed by atoms with Crippen molar-refractivity contribution in [2.75, 3.05) is 31.6 Å². The van der Waals surface area contributed by atoms with E-state index in [0.717, 1.165) is 37.1 Å². The first-order valence-electron chi connectivity index (χ1n) is 9.68. The standard InChI is InChI=1S/C21H27ClN2O3S/c1-4-11-24(12-5-2)13-18(25)23-20-19(21(26)27-6-3)17(14-28-20)15-7-9-16(22)10-8-15/h7-10,14H,4-6,11-13H2,1-3H3,(H,23,25)/p+1. The van der Waals surface area contributed by atoms with Crippen molar-refractivity contribution in [1.29, 1.82) is 0 Å². The summed E-state index contributed by atoms with van der Waals surface area (Å²) in [6, 6.07) is 7.26. The fourth-order valence-corrected chi connectivity index (χ4v) is 4.20. The van der Waals surface area contributed by atoms with Crippen LogP contribution < -0.4 is 10.2 Å². The molecule has 0 fully saturated rings. The summed E-state index contributed by atoms with van der Waals surface area (Å²) in [6.07, 6.45) is 2.05. The average molecular weight is 424 g/mol.